The maximum atomic E-state index is 14.8. The molecule has 0 aliphatic carbocycles. The maximum Gasteiger partial charge on any atom is 0.308 e. The lowest BCUT2D eigenvalue weighted by Gasteiger charge is -2.35. The van der Waals surface area contributed by atoms with Crippen LogP contribution in [0.3, 0.4) is 0 Å². The Balaban J connectivity index is 3.81. The molecule has 0 heterocycles. The molecule has 0 aliphatic heterocycles. The van der Waals surface area contributed by atoms with Gasteiger partial charge < -0.3 is 55.6 Å². The average Bonchev–Trinajstić information content (AvgIpc) is 3.25. The Morgan fingerprint density at radius 2 is 1.01 bits per heavy atom. The maximum absolute atomic E-state index is 14.8. The van der Waals surface area contributed by atoms with Gasteiger partial charge in [-0.1, -0.05) is 65.8 Å². The zero-order chi connectivity index (χ0) is 57.8. The molecule has 0 saturated heterocycles. The molecule has 20 nitrogen and oxygen atoms in total. The van der Waals surface area contributed by atoms with E-state index >= 15 is 0 Å². The van der Waals surface area contributed by atoms with Gasteiger partial charge in [0.25, 0.3) is 0 Å². The molecular formula is C54H90N6O14S. The Morgan fingerprint density at radius 3 is 1.51 bits per heavy atom. The van der Waals surface area contributed by atoms with Crippen molar-refractivity contribution in [1.29, 1.82) is 0 Å². The van der Waals surface area contributed by atoms with Crippen molar-refractivity contribution in [1.82, 2.24) is 31.9 Å². The lowest BCUT2D eigenvalue weighted by molar-refractivity contribution is -0.158. The van der Waals surface area contributed by atoms with E-state index in [0.717, 1.165) is 5.56 Å². The van der Waals surface area contributed by atoms with Gasteiger partial charge in [0, 0.05) is 38.7 Å². The minimum Gasteiger partial charge on any atom is -0.460 e. The lowest BCUT2D eigenvalue weighted by atomic mass is 9.85. The monoisotopic (exact) mass is 1080 g/mol. The molecule has 0 bridgehead atoms. The highest BCUT2D eigenvalue weighted by atomic mass is 32.2. The molecule has 0 radical (unpaired) electrons. The molecule has 21 heteroatoms. The van der Waals surface area contributed by atoms with Crippen molar-refractivity contribution in [2.24, 2.45) is 11.3 Å². The van der Waals surface area contributed by atoms with E-state index in [9.17, 15) is 43.2 Å². The first-order valence-electron chi connectivity index (χ1n) is 25.5. The number of ether oxygens (including phenoxy) is 5. The molecular weight excluding hydrogens is 989 g/mol. The van der Waals surface area contributed by atoms with Crippen LogP contribution in [0.4, 0.5) is 0 Å². The van der Waals surface area contributed by atoms with E-state index in [0.29, 0.717) is 5.56 Å². The van der Waals surface area contributed by atoms with Crippen molar-refractivity contribution in [3.63, 3.8) is 0 Å². The van der Waals surface area contributed by atoms with Crippen LogP contribution < -0.4 is 31.9 Å². The smallest absolute Gasteiger partial charge is 0.308 e. The fraction of sp³-hybridized carbons (Fsp3) is 0.722. The van der Waals surface area contributed by atoms with Gasteiger partial charge in [0.15, 0.2) is 6.29 Å². The summed E-state index contributed by atoms with van der Waals surface area (Å²) in [5, 5.41) is 16.3. The molecule has 7 atom stereocenters. The number of amides is 6. The Kier molecular flexibility index (Phi) is 27.5. The summed E-state index contributed by atoms with van der Waals surface area (Å²) in [5.74, 6) is -6.99. The summed E-state index contributed by atoms with van der Waals surface area (Å²) in [7, 11) is 2.93. The molecule has 0 fully saturated rings. The van der Waals surface area contributed by atoms with Crippen molar-refractivity contribution in [2.45, 2.75) is 220 Å². The van der Waals surface area contributed by atoms with Gasteiger partial charge in [-0.25, -0.2) is 0 Å². The molecule has 1 rings (SSSR count). The number of aryl methyl sites for hydroxylation is 1. The fourth-order valence-electron chi connectivity index (χ4n) is 7.45. The SMILES string of the molecule is COC(OC)[C@H](NC(=O)[C@H](CC(C)C)NC(=O)[C@@H](NC(=O)[C@H](Cc1ccccc1C)NC(=O)[C@H](CCC(=O)OC(C)(C)C)NC(=O)[C@H](CC(=O)OC(C)(C)C)NC(=O)CCC(=O)OC(C)(C)C)C(C)(C)C)C(C)SC. The summed E-state index contributed by atoms with van der Waals surface area (Å²) < 4.78 is 27.3. The first-order valence-corrected chi connectivity index (χ1v) is 26.8. The minimum atomic E-state index is -1.64. The molecule has 0 aromatic heterocycles. The highest BCUT2D eigenvalue weighted by Gasteiger charge is 2.39. The van der Waals surface area contributed by atoms with Gasteiger partial charge in [0.2, 0.25) is 35.4 Å². The van der Waals surface area contributed by atoms with Gasteiger partial charge in [0.1, 0.15) is 47.0 Å². The van der Waals surface area contributed by atoms with Crippen LogP contribution >= 0.6 is 11.8 Å². The Morgan fingerprint density at radius 1 is 0.547 bits per heavy atom. The zero-order valence-corrected chi connectivity index (χ0v) is 48.9. The van der Waals surface area contributed by atoms with Crippen LogP contribution in [0, 0.1) is 18.3 Å². The van der Waals surface area contributed by atoms with Crippen molar-refractivity contribution >= 4 is 65.1 Å². The summed E-state index contributed by atoms with van der Waals surface area (Å²) in [6, 6.07) is -0.398. The molecule has 6 N–H and O–H groups in total. The van der Waals surface area contributed by atoms with Crippen molar-refractivity contribution in [2.75, 3.05) is 20.5 Å². The van der Waals surface area contributed by atoms with Crippen molar-refractivity contribution < 1.29 is 66.8 Å². The van der Waals surface area contributed by atoms with Crippen LogP contribution in [0.5, 0.6) is 0 Å². The zero-order valence-electron chi connectivity index (χ0n) is 48.1. The van der Waals surface area contributed by atoms with Gasteiger partial charge in [0.05, 0.1) is 18.9 Å². The van der Waals surface area contributed by atoms with Gasteiger partial charge in [-0.05, 0) is 111 Å². The van der Waals surface area contributed by atoms with Gasteiger partial charge in [-0.3, -0.25) is 43.2 Å². The summed E-state index contributed by atoms with van der Waals surface area (Å²) in [5.41, 5.74) is -2.24. The second-order valence-electron chi connectivity index (χ2n) is 23.2. The molecule has 75 heavy (non-hydrogen) atoms. The number of rotatable bonds is 28. The van der Waals surface area contributed by atoms with Crippen LogP contribution in [0.2, 0.25) is 0 Å². The number of methoxy groups -OCH3 is 2. The van der Waals surface area contributed by atoms with Gasteiger partial charge in [-0.2, -0.15) is 11.8 Å². The average molecular weight is 1080 g/mol. The first kappa shape index (κ1) is 67.7. The normalized spacial score (nSPS) is 14.9. The highest BCUT2D eigenvalue weighted by molar-refractivity contribution is 7.99. The molecule has 1 aromatic carbocycles. The number of carbonyl (C=O) groups is 9. The summed E-state index contributed by atoms with van der Waals surface area (Å²) in [6.45, 7) is 27.5. The third-order valence-electron chi connectivity index (χ3n) is 11.1. The van der Waals surface area contributed by atoms with Crippen LogP contribution in [0.1, 0.15) is 154 Å². The van der Waals surface area contributed by atoms with E-state index in [1.54, 1.807) is 101 Å². The summed E-state index contributed by atoms with van der Waals surface area (Å²) >= 11 is 1.49. The standard InChI is InChI=1S/C54H90N6O14S/c1-31(2)28-36(47(67)59-43(33(4)75-19)50(70-17)71-18)58-49(69)44(51(5,6)7)60-48(68)37(29-34-23-21-20-22-32(34)3)57-45(65)35(24-26-40(62)72-52(8,9)10)56-46(66)38(30-42(64)74-54(14,15)16)55-39(61)25-27-41(63)73-53(11,12)13/h20-23,31,33,35-38,43-44,50H,24-30H2,1-19H3,(H,55,61)(H,56,66)(H,57,65)(H,58,69)(H,59,67)(H,60,68)/t33?,35-,36-,37-,38-,43+,44+/m0/s1. The number of carbonyl (C=O) groups excluding carboxylic acids is 9. The molecule has 0 aliphatic rings. The van der Waals surface area contributed by atoms with Crippen LogP contribution in [-0.2, 0) is 73.3 Å². The van der Waals surface area contributed by atoms with E-state index < -0.39 is 137 Å². The molecule has 1 unspecified atom stereocenters. The largest absolute Gasteiger partial charge is 0.460 e. The van der Waals surface area contributed by atoms with E-state index in [-0.39, 0.29) is 36.9 Å². The molecule has 1 aromatic rings. The van der Waals surface area contributed by atoms with Crippen LogP contribution in [-0.4, -0.2) is 138 Å². The number of nitrogens with one attached hydrogen (secondary N) is 6. The topological polar surface area (TPSA) is 272 Å². The van der Waals surface area contributed by atoms with Crippen molar-refractivity contribution in [3.8, 4) is 0 Å². The number of hydrogen-bond donors (Lipinski definition) is 6. The lowest BCUT2D eigenvalue weighted by Crippen LogP contribution is -2.62. The fourth-order valence-corrected chi connectivity index (χ4v) is 7.94. The highest BCUT2D eigenvalue weighted by Crippen LogP contribution is 2.23. The Bertz CT molecular complexity index is 2090. The van der Waals surface area contributed by atoms with E-state index in [2.05, 4.69) is 31.9 Å². The third kappa shape index (κ3) is 26.9. The predicted molar refractivity (Wildman–Crippen MR) is 287 cm³/mol. The molecule has 426 valence electrons. The number of thioether (sulfide) groups is 1. The quantitative estimate of drug-likeness (QED) is 0.0371. The van der Waals surface area contributed by atoms with Crippen LogP contribution in [0.15, 0.2) is 24.3 Å². The number of hydrogen-bond acceptors (Lipinski definition) is 15. The van der Waals surface area contributed by atoms with Crippen molar-refractivity contribution in [3.05, 3.63) is 35.4 Å². The molecule has 0 saturated carbocycles. The first-order chi connectivity index (χ1) is 34.4. The number of esters is 3. The van der Waals surface area contributed by atoms with Gasteiger partial charge >= 0.3 is 17.9 Å². The molecule has 0 spiro atoms. The molecule has 6 amide bonds. The van der Waals surface area contributed by atoms with E-state index in [4.69, 9.17) is 23.7 Å². The second kappa shape index (κ2) is 30.5. The van der Waals surface area contributed by atoms with E-state index in [1.807, 2.05) is 40.0 Å². The number of benzene rings is 1. The Hall–Kier alpha value is -5.28. The predicted octanol–water partition coefficient (Wildman–Crippen LogP) is 4.88. The van der Waals surface area contributed by atoms with Gasteiger partial charge in [-0.15, -0.1) is 0 Å². The summed E-state index contributed by atoms with van der Waals surface area (Å²) in [6.07, 6.45) is -0.965. The summed E-state index contributed by atoms with van der Waals surface area (Å²) in [4.78, 5) is 124. The van der Waals surface area contributed by atoms with Crippen LogP contribution in [0.25, 0.3) is 0 Å². The Labute approximate surface area is 449 Å². The minimum absolute atomic E-state index is 0.0497. The van der Waals surface area contributed by atoms with E-state index in [1.165, 1.54) is 26.0 Å². The third-order valence-corrected chi connectivity index (χ3v) is 12.2. The second-order valence-corrected chi connectivity index (χ2v) is 24.4.